The van der Waals surface area contributed by atoms with Gasteiger partial charge in [0.1, 0.15) is 11.4 Å². The first-order chi connectivity index (χ1) is 16.5. The van der Waals surface area contributed by atoms with Crippen molar-refractivity contribution in [2.24, 2.45) is 4.36 Å². The van der Waals surface area contributed by atoms with Crippen LogP contribution in [0, 0.1) is 6.92 Å². The van der Waals surface area contributed by atoms with Crippen molar-refractivity contribution < 1.29 is 22.7 Å². The van der Waals surface area contributed by atoms with E-state index in [0.717, 1.165) is 5.56 Å². The molecule has 3 rings (SSSR count). The van der Waals surface area contributed by atoms with E-state index in [1.54, 1.807) is 49.4 Å². The Kier molecular flexibility index (Phi) is 7.71. The van der Waals surface area contributed by atoms with Crippen molar-refractivity contribution in [2.45, 2.75) is 33.1 Å². The van der Waals surface area contributed by atoms with E-state index in [-0.39, 0.29) is 22.4 Å². The van der Waals surface area contributed by atoms with Crippen molar-refractivity contribution in [3.8, 4) is 5.75 Å². The number of anilines is 2. The van der Waals surface area contributed by atoms with Crippen molar-refractivity contribution >= 4 is 39.4 Å². The number of benzene rings is 3. The Balaban J connectivity index is 2.00. The topological polar surface area (TPSA) is 114 Å². The second kappa shape index (κ2) is 10.5. The standard InChI is InChI=1S/C26H27N3O5S/c1-16-6-15-21(25(31)27-19-11-13-20(34-5)14-12-19)23(22(16)29-35(32)33)28-24(30)17-7-9-18(10-8-17)26(2,3)4/h6-15H,1-5H3,(H,27,31)(H,28,30). The second-order valence-corrected chi connectivity index (χ2v) is 9.54. The number of ether oxygens (including phenoxy) is 1. The normalized spacial score (nSPS) is 10.9. The van der Waals surface area contributed by atoms with Gasteiger partial charge in [0.25, 0.3) is 11.8 Å². The van der Waals surface area contributed by atoms with E-state index in [2.05, 4.69) is 35.8 Å². The highest BCUT2D eigenvalue weighted by Crippen LogP contribution is 2.34. The highest BCUT2D eigenvalue weighted by molar-refractivity contribution is 7.61. The predicted molar refractivity (Wildman–Crippen MR) is 136 cm³/mol. The van der Waals surface area contributed by atoms with Crippen LogP contribution in [0.3, 0.4) is 0 Å². The molecule has 0 saturated carbocycles. The van der Waals surface area contributed by atoms with E-state index in [0.29, 0.717) is 22.6 Å². The Hall–Kier alpha value is -3.98. The fourth-order valence-electron chi connectivity index (χ4n) is 3.38. The van der Waals surface area contributed by atoms with Crippen LogP contribution in [-0.4, -0.2) is 27.3 Å². The summed E-state index contributed by atoms with van der Waals surface area (Å²) in [6.45, 7) is 7.85. The largest absolute Gasteiger partial charge is 0.497 e. The molecule has 8 nitrogen and oxygen atoms in total. The number of amides is 2. The van der Waals surface area contributed by atoms with Gasteiger partial charge in [-0.2, -0.15) is 8.42 Å². The third-order valence-corrected chi connectivity index (χ3v) is 5.72. The molecule has 0 unspecified atom stereocenters. The molecular formula is C26H27N3O5S. The van der Waals surface area contributed by atoms with E-state index >= 15 is 0 Å². The lowest BCUT2D eigenvalue weighted by Crippen LogP contribution is -2.19. The monoisotopic (exact) mass is 493 g/mol. The smallest absolute Gasteiger partial charge is 0.316 e. The summed E-state index contributed by atoms with van der Waals surface area (Å²) >= 11 is 0. The van der Waals surface area contributed by atoms with Crippen molar-refractivity contribution in [2.75, 3.05) is 17.7 Å². The lowest BCUT2D eigenvalue weighted by Gasteiger charge is -2.19. The number of methoxy groups -OCH3 is 1. The Morgan fingerprint density at radius 1 is 0.857 bits per heavy atom. The zero-order valence-corrected chi connectivity index (χ0v) is 21.0. The molecule has 3 aromatic carbocycles. The van der Waals surface area contributed by atoms with Crippen molar-refractivity contribution in [1.29, 1.82) is 0 Å². The van der Waals surface area contributed by atoms with Crippen LogP contribution in [0.25, 0.3) is 0 Å². The zero-order chi connectivity index (χ0) is 25.8. The molecule has 0 aliphatic heterocycles. The second-order valence-electron chi connectivity index (χ2n) is 8.93. The van der Waals surface area contributed by atoms with Crippen LogP contribution < -0.4 is 15.4 Å². The summed E-state index contributed by atoms with van der Waals surface area (Å²) in [5.74, 6) is -0.410. The molecule has 35 heavy (non-hydrogen) atoms. The molecule has 0 saturated heterocycles. The third kappa shape index (κ3) is 6.33. The average molecular weight is 494 g/mol. The number of nitrogens with zero attached hydrogens (tertiary/aromatic N) is 1. The number of aryl methyl sites for hydroxylation is 1. The van der Waals surface area contributed by atoms with Gasteiger partial charge in [-0.05, 0) is 65.9 Å². The molecule has 0 spiro atoms. The first-order valence-electron chi connectivity index (χ1n) is 10.8. The minimum absolute atomic E-state index is 0.00473. The van der Waals surface area contributed by atoms with Gasteiger partial charge >= 0.3 is 10.5 Å². The maximum atomic E-state index is 13.1. The quantitative estimate of drug-likeness (QED) is 0.471. The Morgan fingerprint density at radius 2 is 1.49 bits per heavy atom. The molecular weight excluding hydrogens is 466 g/mol. The van der Waals surface area contributed by atoms with Gasteiger partial charge in [0.05, 0.1) is 18.4 Å². The minimum Gasteiger partial charge on any atom is -0.497 e. The number of carbonyl (C=O) groups excluding carboxylic acids is 2. The van der Waals surface area contributed by atoms with Gasteiger partial charge in [0.15, 0.2) is 0 Å². The van der Waals surface area contributed by atoms with Crippen molar-refractivity contribution in [1.82, 2.24) is 0 Å². The summed E-state index contributed by atoms with van der Waals surface area (Å²) in [4.78, 5) is 26.2. The van der Waals surface area contributed by atoms with Gasteiger partial charge in [-0.15, -0.1) is 4.36 Å². The SMILES string of the molecule is COc1ccc(NC(=O)c2ccc(C)c(N=S(=O)=O)c2NC(=O)c2ccc(C(C)(C)C)cc2)cc1. The van der Waals surface area contributed by atoms with Crippen LogP contribution in [0.5, 0.6) is 5.75 Å². The maximum Gasteiger partial charge on any atom is 0.316 e. The molecule has 0 bridgehead atoms. The van der Waals surface area contributed by atoms with Gasteiger partial charge in [-0.1, -0.05) is 39.0 Å². The fourth-order valence-corrected chi connectivity index (χ4v) is 3.77. The molecule has 9 heteroatoms. The first-order valence-corrected chi connectivity index (χ1v) is 11.8. The third-order valence-electron chi connectivity index (χ3n) is 5.39. The number of nitrogens with one attached hydrogen (secondary N) is 2. The summed E-state index contributed by atoms with van der Waals surface area (Å²) in [6.07, 6.45) is 0. The fraction of sp³-hybridized carbons (Fsp3) is 0.231. The predicted octanol–water partition coefficient (Wildman–Crippen LogP) is 5.50. The van der Waals surface area contributed by atoms with Gasteiger partial charge < -0.3 is 15.4 Å². The van der Waals surface area contributed by atoms with Crippen LogP contribution in [0.2, 0.25) is 0 Å². The van der Waals surface area contributed by atoms with Gasteiger partial charge in [-0.25, -0.2) is 0 Å². The Bertz CT molecular complexity index is 1380. The first kappa shape index (κ1) is 25.6. The molecule has 0 fully saturated rings. The number of rotatable bonds is 6. The lowest BCUT2D eigenvalue weighted by molar-refractivity contribution is 0.102. The molecule has 2 amide bonds. The molecule has 0 aliphatic rings. The summed E-state index contributed by atoms with van der Waals surface area (Å²) in [7, 11) is -1.26. The van der Waals surface area contributed by atoms with Crippen LogP contribution in [0.1, 0.15) is 52.6 Å². The maximum absolute atomic E-state index is 13.1. The van der Waals surface area contributed by atoms with Crippen LogP contribution in [0.4, 0.5) is 17.1 Å². The summed E-state index contributed by atoms with van der Waals surface area (Å²) in [5, 5.41) is 5.44. The zero-order valence-electron chi connectivity index (χ0n) is 20.2. The summed E-state index contributed by atoms with van der Waals surface area (Å²) < 4.78 is 31.6. The molecule has 0 heterocycles. The molecule has 182 valence electrons. The van der Waals surface area contributed by atoms with Crippen LogP contribution >= 0.6 is 0 Å². The molecule has 3 aromatic rings. The molecule has 0 radical (unpaired) electrons. The number of carbonyl (C=O) groups is 2. The Labute approximate surface area is 206 Å². The van der Waals surface area contributed by atoms with E-state index < -0.39 is 22.3 Å². The van der Waals surface area contributed by atoms with E-state index in [1.807, 2.05) is 12.1 Å². The highest BCUT2D eigenvalue weighted by Gasteiger charge is 2.21. The molecule has 0 aromatic heterocycles. The van der Waals surface area contributed by atoms with Gasteiger partial charge in [0.2, 0.25) is 0 Å². The van der Waals surface area contributed by atoms with E-state index in [1.165, 1.54) is 13.2 Å². The summed E-state index contributed by atoms with van der Waals surface area (Å²) in [5.41, 5.74) is 2.37. The molecule has 0 atom stereocenters. The van der Waals surface area contributed by atoms with Crippen molar-refractivity contribution in [3.05, 3.63) is 82.9 Å². The Morgan fingerprint density at radius 3 is 2.03 bits per heavy atom. The van der Waals surface area contributed by atoms with Gasteiger partial charge in [-0.3, -0.25) is 9.59 Å². The minimum atomic E-state index is -2.79. The average Bonchev–Trinajstić information content (AvgIpc) is 2.81. The number of hydrogen-bond donors (Lipinski definition) is 2. The van der Waals surface area contributed by atoms with E-state index in [9.17, 15) is 18.0 Å². The molecule has 2 N–H and O–H groups in total. The van der Waals surface area contributed by atoms with Crippen molar-refractivity contribution in [3.63, 3.8) is 0 Å². The van der Waals surface area contributed by atoms with E-state index in [4.69, 9.17) is 4.74 Å². The summed E-state index contributed by atoms with van der Waals surface area (Å²) in [6, 6.07) is 16.9. The van der Waals surface area contributed by atoms with Crippen LogP contribution in [0.15, 0.2) is 65.0 Å². The van der Waals surface area contributed by atoms with Gasteiger partial charge in [0, 0.05) is 11.3 Å². The van der Waals surface area contributed by atoms with Crippen LogP contribution in [-0.2, 0) is 15.9 Å². The highest BCUT2D eigenvalue weighted by atomic mass is 32.2. The number of hydrogen-bond acceptors (Lipinski definition) is 6. The lowest BCUT2D eigenvalue weighted by atomic mass is 9.86. The molecule has 0 aliphatic carbocycles.